The molecule has 1 fully saturated rings. The number of nitrogens with two attached hydrogens (primary N) is 1. The van der Waals surface area contributed by atoms with E-state index in [1.54, 1.807) is 0 Å². The normalized spacial score (nSPS) is 20.1. The lowest BCUT2D eigenvalue weighted by Crippen LogP contribution is -2.32. The van der Waals surface area contributed by atoms with Crippen molar-refractivity contribution in [2.75, 3.05) is 12.3 Å². The molecule has 0 saturated heterocycles. The molecule has 0 amide bonds. The van der Waals surface area contributed by atoms with Crippen molar-refractivity contribution in [2.45, 2.75) is 31.7 Å². The highest BCUT2D eigenvalue weighted by Gasteiger charge is 2.14. The third kappa shape index (κ3) is 4.04. The fourth-order valence-electron chi connectivity index (χ4n) is 1.54. The van der Waals surface area contributed by atoms with Gasteiger partial charge in [0.1, 0.15) is 0 Å². The van der Waals surface area contributed by atoms with E-state index >= 15 is 0 Å². The molecule has 0 aliphatic heterocycles. The van der Waals surface area contributed by atoms with Gasteiger partial charge in [-0.1, -0.05) is 12.8 Å². The first kappa shape index (κ1) is 9.95. The molecule has 0 aromatic heterocycles. The molecule has 4 nitrogen and oxygen atoms in total. The molecule has 0 atom stereocenters. The van der Waals surface area contributed by atoms with Gasteiger partial charge in [-0.25, -0.2) is 13.6 Å². The van der Waals surface area contributed by atoms with Gasteiger partial charge in [0, 0.05) is 12.6 Å². The smallest absolute Gasteiger partial charge is 0.210 e. The fraction of sp³-hybridized carbons (Fsp3) is 1.00. The molecule has 3 N–H and O–H groups in total. The Balaban J connectivity index is 2.09. The minimum absolute atomic E-state index is 0.0451. The summed E-state index contributed by atoms with van der Waals surface area (Å²) in [5.74, 6) is 0.0451. The lowest BCUT2D eigenvalue weighted by molar-refractivity contribution is 0.536. The van der Waals surface area contributed by atoms with Crippen LogP contribution in [0.1, 0.15) is 25.7 Å². The second-order valence-corrected chi connectivity index (χ2v) is 5.04. The first-order valence-corrected chi connectivity index (χ1v) is 6.03. The van der Waals surface area contributed by atoms with Gasteiger partial charge in [-0.05, 0) is 12.8 Å². The van der Waals surface area contributed by atoms with Crippen LogP contribution in [0.5, 0.6) is 0 Å². The van der Waals surface area contributed by atoms with Gasteiger partial charge in [-0.15, -0.1) is 0 Å². The predicted octanol–water partition coefficient (Wildman–Crippen LogP) is -0.193. The molecule has 1 aliphatic carbocycles. The molecule has 0 aromatic carbocycles. The van der Waals surface area contributed by atoms with Gasteiger partial charge in [-0.2, -0.15) is 0 Å². The van der Waals surface area contributed by atoms with Crippen molar-refractivity contribution in [1.82, 2.24) is 5.32 Å². The van der Waals surface area contributed by atoms with Gasteiger partial charge in [-0.3, -0.25) is 0 Å². The molecule has 0 bridgehead atoms. The Kier molecular flexibility index (Phi) is 3.49. The molecule has 0 unspecified atom stereocenters. The van der Waals surface area contributed by atoms with E-state index < -0.39 is 10.0 Å². The van der Waals surface area contributed by atoms with Crippen molar-refractivity contribution < 1.29 is 8.42 Å². The summed E-state index contributed by atoms with van der Waals surface area (Å²) in [5, 5.41) is 8.03. The van der Waals surface area contributed by atoms with Crippen LogP contribution < -0.4 is 10.5 Å². The summed E-state index contributed by atoms with van der Waals surface area (Å²) in [6.45, 7) is 0.490. The van der Waals surface area contributed by atoms with Crippen LogP contribution in [0.4, 0.5) is 0 Å². The molecule has 0 aromatic rings. The molecule has 1 saturated carbocycles. The van der Waals surface area contributed by atoms with E-state index in [-0.39, 0.29) is 5.75 Å². The highest BCUT2D eigenvalue weighted by Crippen LogP contribution is 2.17. The third-order valence-electron chi connectivity index (χ3n) is 2.17. The Morgan fingerprint density at radius 2 is 1.92 bits per heavy atom. The summed E-state index contributed by atoms with van der Waals surface area (Å²) in [7, 11) is -3.28. The van der Waals surface area contributed by atoms with E-state index in [4.69, 9.17) is 5.14 Å². The number of hydrogen-bond acceptors (Lipinski definition) is 3. The summed E-state index contributed by atoms with van der Waals surface area (Å²) in [6.07, 6.45) is 4.86. The first-order valence-electron chi connectivity index (χ1n) is 4.32. The van der Waals surface area contributed by atoms with Gasteiger partial charge >= 0.3 is 0 Å². The molecule has 0 heterocycles. The second kappa shape index (κ2) is 4.20. The van der Waals surface area contributed by atoms with Gasteiger partial charge in [0.05, 0.1) is 5.75 Å². The summed E-state index contributed by atoms with van der Waals surface area (Å²) < 4.78 is 21.1. The van der Waals surface area contributed by atoms with Crippen molar-refractivity contribution in [3.8, 4) is 0 Å². The number of sulfonamides is 1. The zero-order chi connectivity index (χ0) is 9.03. The SMILES string of the molecule is NS(=O)(=O)CCNC1CCCC1. The number of rotatable bonds is 4. The Hall–Kier alpha value is -0.130. The summed E-state index contributed by atoms with van der Waals surface area (Å²) in [4.78, 5) is 0. The van der Waals surface area contributed by atoms with Crippen LogP contribution >= 0.6 is 0 Å². The van der Waals surface area contributed by atoms with E-state index in [9.17, 15) is 8.42 Å². The molecule has 5 heteroatoms. The maximum absolute atomic E-state index is 10.5. The topological polar surface area (TPSA) is 72.2 Å². The molecule has 72 valence electrons. The van der Waals surface area contributed by atoms with Crippen LogP contribution in [-0.4, -0.2) is 26.8 Å². The molecule has 0 spiro atoms. The van der Waals surface area contributed by atoms with E-state index in [1.165, 1.54) is 25.7 Å². The fourth-order valence-corrected chi connectivity index (χ4v) is 1.94. The van der Waals surface area contributed by atoms with Crippen LogP contribution in [0.15, 0.2) is 0 Å². The summed E-state index contributed by atoms with van der Waals surface area (Å²) in [5.41, 5.74) is 0. The molecular formula is C7H16N2O2S. The lowest BCUT2D eigenvalue weighted by atomic mass is 10.2. The summed E-state index contributed by atoms with van der Waals surface area (Å²) in [6, 6.07) is 0.520. The van der Waals surface area contributed by atoms with Crippen LogP contribution in [0, 0.1) is 0 Å². The zero-order valence-corrected chi connectivity index (χ0v) is 7.94. The van der Waals surface area contributed by atoms with Crippen molar-refractivity contribution in [3.63, 3.8) is 0 Å². The molecule has 12 heavy (non-hydrogen) atoms. The summed E-state index contributed by atoms with van der Waals surface area (Å²) >= 11 is 0. The van der Waals surface area contributed by atoms with Gasteiger partial charge in [0.2, 0.25) is 10.0 Å². The monoisotopic (exact) mass is 192 g/mol. The van der Waals surface area contributed by atoms with E-state index in [2.05, 4.69) is 5.32 Å². The molecular weight excluding hydrogens is 176 g/mol. The van der Waals surface area contributed by atoms with E-state index in [0.717, 1.165) is 0 Å². The number of nitrogens with one attached hydrogen (secondary N) is 1. The maximum atomic E-state index is 10.5. The number of primary sulfonamides is 1. The lowest BCUT2D eigenvalue weighted by Gasteiger charge is -2.10. The Morgan fingerprint density at radius 1 is 1.33 bits per heavy atom. The highest BCUT2D eigenvalue weighted by atomic mass is 32.2. The third-order valence-corrected chi connectivity index (χ3v) is 2.95. The average Bonchev–Trinajstić information content (AvgIpc) is 2.36. The van der Waals surface area contributed by atoms with Gasteiger partial charge < -0.3 is 5.32 Å². The van der Waals surface area contributed by atoms with Crippen LogP contribution in [0.25, 0.3) is 0 Å². The second-order valence-electron chi connectivity index (χ2n) is 3.30. The largest absolute Gasteiger partial charge is 0.313 e. The average molecular weight is 192 g/mol. The van der Waals surface area contributed by atoms with Gasteiger partial charge in [0.25, 0.3) is 0 Å². The van der Waals surface area contributed by atoms with Gasteiger partial charge in [0.15, 0.2) is 0 Å². The van der Waals surface area contributed by atoms with Crippen LogP contribution in [0.2, 0.25) is 0 Å². The molecule has 1 rings (SSSR count). The van der Waals surface area contributed by atoms with E-state index in [0.29, 0.717) is 12.6 Å². The van der Waals surface area contributed by atoms with Crippen LogP contribution in [-0.2, 0) is 10.0 Å². The predicted molar refractivity (Wildman–Crippen MR) is 48.2 cm³/mol. The molecule has 0 radical (unpaired) electrons. The minimum atomic E-state index is -3.28. The number of hydrogen-bond donors (Lipinski definition) is 2. The highest BCUT2D eigenvalue weighted by molar-refractivity contribution is 7.89. The van der Waals surface area contributed by atoms with Crippen molar-refractivity contribution in [3.05, 3.63) is 0 Å². The Bertz CT molecular complexity index is 220. The Labute approximate surface area is 73.6 Å². The molecule has 1 aliphatic rings. The Morgan fingerprint density at radius 3 is 2.42 bits per heavy atom. The van der Waals surface area contributed by atoms with E-state index in [1.807, 2.05) is 0 Å². The first-order chi connectivity index (χ1) is 5.58. The van der Waals surface area contributed by atoms with Crippen LogP contribution in [0.3, 0.4) is 0 Å². The standard InChI is InChI=1S/C7H16N2O2S/c8-12(10,11)6-5-9-7-3-1-2-4-7/h7,9H,1-6H2,(H2,8,10,11). The minimum Gasteiger partial charge on any atom is -0.313 e. The maximum Gasteiger partial charge on any atom is 0.210 e. The quantitative estimate of drug-likeness (QED) is 0.648. The van der Waals surface area contributed by atoms with Crippen molar-refractivity contribution in [2.24, 2.45) is 5.14 Å². The van der Waals surface area contributed by atoms with Crippen molar-refractivity contribution >= 4 is 10.0 Å². The zero-order valence-electron chi connectivity index (χ0n) is 7.12. The van der Waals surface area contributed by atoms with Crippen molar-refractivity contribution in [1.29, 1.82) is 0 Å².